The van der Waals surface area contributed by atoms with Gasteiger partial charge in [-0.2, -0.15) is 5.26 Å². The number of nitrogens with one attached hydrogen (secondary N) is 1. The van der Waals surface area contributed by atoms with Crippen LogP contribution in [0, 0.1) is 21.4 Å². The first-order chi connectivity index (χ1) is 10.7. The molecule has 0 spiro atoms. The maximum atomic E-state index is 12.4. The van der Waals surface area contributed by atoms with Crippen molar-refractivity contribution in [1.82, 2.24) is 5.32 Å². The first kappa shape index (κ1) is 16.9. The van der Waals surface area contributed by atoms with Crippen molar-refractivity contribution in [1.29, 1.82) is 5.26 Å². The van der Waals surface area contributed by atoms with Gasteiger partial charge in [0.1, 0.15) is 5.54 Å². The van der Waals surface area contributed by atoms with E-state index in [1.807, 2.05) is 20.8 Å². The summed E-state index contributed by atoms with van der Waals surface area (Å²) in [7, 11) is 0. The van der Waals surface area contributed by atoms with Crippen LogP contribution in [0.3, 0.4) is 0 Å². The average Bonchev–Trinajstić information content (AvgIpc) is 2.94. The molecular formula is C17H21N3O3. The van der Waals surface area contributed by atoms with E-state index in [1.165, 1.54) is 6.07 Å². The largest absolute Gasteiger partial charge is 0.334 e. The van der Waals surface area contributed by atoms with Gasteiger partial charge in [0.15, 0.2) is 0 Å². The Kier molecular flexibility index (Phi) is 4.42. The summed E-state index contributed by atoms with van der Waals surface area (Å²) in [5.74, 6) is -0.433. The smallest absolute Gasteiger partial charge is 0.273 e. The molecule has 0 unspecified atom stereocenters. The summed E-state index contributed by atoms with van der Waals surface area (Å²) in [6, 6.07) is 6.70. The second-order valence-corrected chi connectivity index (χ2v) is 7.09. The van der Waals surface area contributed by atoms with Gasteiger partial charge in [-0.1, -0.05) is 26.8 Å². The van der Waals surface area contributed by atoms with Gasteiger partial charge >= 0.3 is 0 Å². The van der Waals surface area contributed by atoms with Gasteiger partial charge in [-0.25, -0.2) is 0 Å². The lowest BCUT2D eigenvalue weighted by molar-refractivity contribution is -0.386. The van der Waals surface area contributed by atoms with Crippen LogP contribution in [-0.2, 0) is 5.41 Å². The molecular weight excluding hydrogens is 294 g/mol. The fourth-order valence-corrected chi connectivity index (χ4v) is 2.99. The van der Waals surface area contributed by atoms with Gasteiger partial charge in [-0.3, -0.25) is 14.9 Å². The average molecular weight is 315 g/mol. The van der Waals surface area contributed by atoms with Gasteiger partial charge in [0.05, 0.1) is 11.0 Å². The van der Waals surface area contributed by atoms with Gasteiger partial charge in [0.2, 0.25) is 0 Å². The minimum atomic E-state index is -0.839. The molecule has 0 bridgehead atoms. The number of nitrogens with zero attached hydrogens (tertiary/aromatic N) is 2. The van der Waals surface area contributed by atoms with E-state index >= 15 is 0 Å². The topological polar surface area (TPSA) is 96.0 Å². The Bertz CT molecular complexity index is 677. The summed E-state index contributed by atoms with van der Waals surface area (Å²) in [5, 5.41) is 23.4. The van der Waals surface area contributed by atoms with Crippen LogP contribution in [0.1, 0.15) is 62.4 Å². The summed E-state index contributed by atoms with van der Waals surface area (Å²) in [5.41, 5.74) is -0.505. The zero-order valence-corrected chi connectivity index (χ0v) is 13.7. The molecule has 6 heteroatoms. The van der Waals surface area contributed by atoms with Crippen LogP contribution in [0.15, 0.2) is 18.2 Å². The van der Waals surface area contributed by atoms with E-state index in [0.717, 1.165) is 12.8 Å². The number of carbonyl (C=O) groups is 1. The van der Waals surface area contributed by atoms with Crippen molar-refractivity contribution >= 4 is 11.6 Å². The standard InChI is InChI=1S/C17H21N3O3/c1-16(2,3)13-7-6-12(10-14(13)20(22)23)15(21)19-17(11-18)8-4-5-9-17/h6-7,10H,4-5,8-9H2,1-3H3,(H,19,21). The molecule has 2 rings (SSSR count). The minimum Gasteiger partial charge on any atom is -0.334 e. The van der Waals surface area contributed by atoms with Crippen molar-refractivity contribution in [3.05, 3.63) is 39.4 Å². The van der Waals surface area contributed by atoms with Crippen molar-refractivity contribution in [2.24, 2.45) is 0 Å². The lowest BCUT2D eigenvalue weighted by Crippen LogP contribution is -2.45. The SMILES string of the molecule is CC(C)(C)c1ccc(C(=O)NC2(C#N)CCCC2)cc1[N+](=O)[O-]. The lowest BCUT2D eigenvalue weighted by Gasteiger charge is -2.23. The number of hydrogen-bond acceptors (Lipinski definition) is 4. The molecule has 122 valence electrons. The number of nitro groups is 1. The number of benzene rings is 1. The van der Waals surface area contributed by atoms with E-state index in [-0.39, 0.29) is 11.3 Å². The fraction of sp³-hybridized carbons (Fsp3) is 0.529. The molecule has 0 aromatic heterocycles. The third kappa shape index (κ3) is 3.50. The van der Waals surface area contributed by atoms with Gasteiger partial charge in [-0.15, -0.1) is 0 Å². The molecule has 0 radical (unpaired) electrons. The van der Waals surface area contributed by atoms with E-state index in [0.29, 0.717) is 18.4 Å². The quantitative estimate of drug-likeness (QED) is 0.682. The van der Waals surface area contributed by atoms with Gasteiger partial charge < -0.3 is 5.32 Å². The first-order valence-corrected chi connectivity index (χ1v) is 7.71. The van der Waals surface area contributed by atoms with Crippen molar-refractivity contribution < 1.29 is 9.72 Å². The van der Waals surface area contributed by atoms with Crippen LogP contribution in [0.25, 0.3) is 0 Å². The summed E-state index contributed by atoms with van der Waals surface area (Å²) in [6.07, 6.45) is 3.04. The Hall–Kier alpha value is -2.42. The molecule has 1 N–H and O–H groups in total. The highest BCUT2D eigenvalue weighted by Crippen LogP contribution is 2.33. The van der Waals surface area contributed by atoms with Gasteiger partial charge in [0.25, 0.3) is 11.6 Å². The van der Waals surface area contributed by atoms with Crippen molar-refractivity contribution in [3.63, 3.8) is 0 Å². The Balaban J connectivity index is 2.34. The summed E-state index contributed by atoms with van der Waals surface area (Å²) in [4.78, 5) is 23.3. The zero-order valence-electron chi connectivity index (χ0n) is 13.7. The normalized spacial score (nSPS) is 16.6. The number of carbonyl (C=O) groups excluding carboxylic acids is 1. The number of amides is 1. The van der Waals surface area contributed by atoms with Crippen LogP contribution in [0.5, 0.6) is 0 Å². The Morgan fingerprint density at radius 3 is 2.43 bits per heavy atom. The summed E-state index contributed by atoms with van der Waals surface area (Å²) in [6.45, 7) is 5.66. The highest BCUT2D eigenvalue weighted by atomic mass is 16.6. The molecule has 0 heterocycles. The van der Waals surface area contributed by atoms with Gasteiger partial charge in [0, 0.05) is 17.2 Å². The molecule has 1 saturated carbocycles. The number of rotatable bonds is 3. The molecule has 0 aliphatic heterocycles. The predicted octanol–water partition coefficient (Wildman–Crippen LogP) is 3.46. The molecule has 1 fully saturated rings. The fourth-order valence-electron chi connectivity index (χ4n) is 2.99. The number of hydrogen-bond donors (Lipinski definition) is 1. The molecule has 1 aromatic rings. The Morgan fingerprint density at radius 2 is 1.96 bits per heavy atom. The monoisotopic (exact) mass is 315 g/mol. The van der Waals surface area contributed by atoms with Gasteiger partial charge in [-0.05, 0) is 37.2 Å². The number of nitriles is 1. The maximum absolute atomic E-state index is 12.4. The molecule has 1 amide bonds. The maximum Gasteiger partial charge on any atom is 0.273 e. The zero-order chi connectivity index (χ0) is 17.3. The first-order valence-electron chi connectivity index (χ1n) is 7.71. The molecule has 1 aliphatic carbocycles. The minimum absolute atomic E-state index is 0.0671. The summed E-state index contributed by atoms with van der Waals surface area (Å²) < 4.78 is 0. The highest BCUT2D eigenvalue weighted by molar-refractivity contribution is 5.95. The van der Waals surface area contributed by atoms with Crippen LogP contribution in [0.2, 0.25) is 0 Å². The second-order valence-electron chi connectivity index (χ2n) is 7.09. The van der Waals surface area contributed by atoms with Crippen LogP contribution >= 0.6 is 0 Å². The van der Waals surface area contributed by atoms with Crippen LogP contribution < -0.4 is 5.32 Å². The Morgan fingerprint density at radius 1 is 1.35 bits per heavy atom. The van der Waals surface area contributed by atoms with Crippen LogP contribution in [-0.4, -0.2) is 16.4 Å². The number of nitro benzene ring substituents is 1. The van der Waals surface area contributed by atoms with E-state index in [2.05, 4.69) is 11.4 Å². The van der Waals surface area contributed by atoms with Crippen LogP contribution in [0.4, 0.5) is 5.69 Å². The summed E-state index contributed by atoms with van der Waals surface area (Å²) >= 11 is 0. The molecule has 0 atom stereocenters. The third-order valence-corrected chi connectivity index (χ3v) is 4.29. The lowest BCUT2D eigenvalue weighted by atomic mass is 9.85. The van der Waals surface area contributed by atoms with E-state index in [4.69, 9.17) is 0 Å². The van der Waals surface area contributed by atoms with Crippen molar-refractivity contribution in [2.75, 3.05) is 0 Å². The second kappa shape index (κ2) is 5.99. The third-order valence-electron chi connectivity index (χ3n) is 4.29. The highest BCUT2D eigenvalue weighted by Gasteiger charge is 2.36. The molecule has 23 heavy (non-hydrogen) atoms. The van der Waals surface area contributed by atoms with E-state index in [1.54, 1.807) is 12.1 Å². The Labute approximate surface area is 135 Å². The molecule has 1 aliphatic rings. The molecule has 0 saturated heterocycles. The van der Waals surface area contributed by atoms with E-state index < -0.39 is 21.8 Å². The molecule has 6 nitrogen and oxygen atoms in total. The van der Waals surface area contributed by atoms with Crippen molar-refractivity contribution in [2.45, 2.75) is 57.4 Å². The van der Waals surface area contributed by atoms with E-state index in [9.17, 15) is 20.2 Å². The molecule has 1 aromatic carbocycles. The van der Waals surface area contributed by atoms with Crippen molar-refractivity contribution in [3.8, 4) is 6.07 Å². The predicted molar refractivity (Wildman–Crippen MR) is 86.1 cm³/mol.